The van der Waals surface area contributed by atoms with Gasteiger partial charge >= 0.3 is 0 Å². The van der Waals surface area contributed by atoms with Gasteiger partial charge in [-0.25, -0.2) is 0 Å². The molecule has 1 aromatic heterocycles. The number of nitrogens with two attached hydrogens (primary N) is 1. The highest BCUT2D eigenvalue weighted by Crippen LogP contribution is 2.22. The van der Waals surface area contributed by atoms with Gasteiger partial charge in [-0.05, 0) is 35.8 Å². The van der Waals surface area contributed by atoms with Gasteiger partial charge < -0.3 is 10.6 Å². The average molecular weight is 321 g/mol. The van der Waals surface area contributed by atoms with Gasteiger partial charge in [-0.3, -0.25) is 4.79 Å². The van der Waals surface area contributed by atoms with Crippen LogP contribution in [0.3, 0.4) is 0 Å². The van der Waals surface area contributed by atoms with Gasteiger partial charge in [-0.1, -0.05) is 12.2 Å². The molecule has 0 saturated heterocycles. The number of carbonyl (C=O) groups is 1. The van der Waals surface area contributed by atoms with Crippen molar-refractivity contribution >= 4 is 50.4 Å². The lowest BCUT2D eigenvalue weighted by Crippen LogP contribution is -2.42. The molecular weight excluding hydrogens is 308 g/mol. The Balaban J connectivity index is 2.87. The van der Waals surface area contributed by atoms with E-state index in [1.807, 2.05) is 25.3 Å². The molecule has 0 bridgehead atoms. The number of thiophene rings is 1. The first kappa shape index (κ1) is 13.6. The molecular formula is C10H13BrN2OS2. The fraction of sp³-hybridized carbons (Fsp3) is 0.400. The van der Waals surface area contributed by atoms with Crippen molar-refractivity contribution in [2.45, 2.75) is 19.9 Å². The number of nitrogens with zero attached hydrogens (tertiary/aromatic N) is 1. The van der Waals surface area contributed by atoms with E-state index in [0.717, 1.165) is 3.79 Å². The Kier molecular flexibility index (Phi) is 4.89. The highest BCUT2D eigenvalue weighted by atomic mass is 79.9. The molecule has 88 valence electrons. The van der Waals surface area contributed by atoms with Crippen LogP contribution in [0.1, 0.15) is 24.2 Å². The van der Waals surface area contributed by atoms with Crippen LogP contribution in [0.15, 0.2) is 15.2 Å². The number of carbonyl (C=O) groups excluding carboxylic acids is 1. The van der Waals surface area contributed by atoms with E-state index in [2.05, 4.69) is 15.9 Å². The van der Waals surface area contributed by atoms with E-state index in [-0.39, 0.29) is 11.9 Å². The highest BCUT2D eigenvalue weighted by molar-refractivity contribution is 9.11. The molecule has 0 aliphatic heterocycles. The lowest BCUT2D eigenvalue weighted by molar-refractivity contribution is 0.0736. The number of halogens is 1. The van der Waals surface area contributed by atoms with Crippen molar-refractivity contribution in [3.8, 4) is 0 Å². The quantitative estimate of drug-likeness (QED) is 0.867. The molecule has 0 spiro atoms. The second-order valence-electron chi connectivity index (χ2n) is 3.63. The number of rotatable bonds is 4. The molecule has 0 fully saturated rings. The Morgan fingerprint density at radius 1 is 1.69 bits per heavy atom. The molecule has 0 saturated carbocycles. The van der Waals surface area contributed by atoms with E-state index in [0.29, 0.717) is 17.1 Å². The molecule has 0 aromatic carbocycles. The number of hydrogen-bond donors (Lipinski definition) is 1. The monoisotopic (exact) mass is 320 g/mol. The first-order valence-corrected chi connectivity index (χ1v) is 6.83. The maximum absolute atomic E-state index is 12.1. The Labute approximate surface area is 113 Å². The van der Waals surface area contributed by atoms with Gasteiger partial charge in [0.25, 0.3) is 5.91 Å². The summed E-state index contributed by atoms with van der Waals surface area (Å²) in [6.45, 7) is 4.20. The lowest BCUT2D eigenvalue weighted by atomic mass is 10.2. The topological polar surface area (TPSA) is 46.3 Å². The van der Waals surface area contributed by atoms with Crippen molar-refractivity contribution in [3.63, 3.8) is 0 Å². The Bertz CT molecular complexity index is 403. The molecule has 16 heavy (non-hydrogen) atoms. The van der Waals surface area contributed by atoms with Gasteiger partial charge in [0.15, 0.2) is 0 Å². The molecule has 0 unspecified atom stereocenters. The summed E-state index contributed by atoms with van der Waals surface area (Å²) in [7, 11) is 0. The summed E-state index contributed by atoms with van der Waals surface area (Å²) in [5, 5.41) is 1.82. The largest absolute Gasteiger partial charge is 0.392 e. The smallest absolute Gasteiger partial charge is 0.255 e. The molecule has 2 N–H and O–H groups in total. The summed E-state index contributed by atoms with van der Waals surface area (Å²) in [5.74, 6) is -0.0373. The predicted molar refractivity (Wildman–Crippen MR) is 75.0 cm³/mol. The Morgan fingerprint density at radius 2 is 2.31 bits per heavy atom. The third-order valence-electron chi connectivity index (χ3n) is 2.02. The summed E-state index contributed by atoms with van der Waals surface area (Å²) >= 11 is 9.66. The minimum Gasteiger partial charge on any atom is -0.392 e. The van der Waals surface area contributed by atoms with Crippen LogP contribution in [0.25, 0.3) is 0 Å². The maximum Gasteiger partial charge on any atom is 0.255 e. The van der Waals surface area contributed by atoms with Crippen molar-refractivity contribution < 1.29 is 4.79 Å². The molecule has 0 aliphatic rings. The first-order valence-electron chi connectivity index (χ1n) is 4.75. The normalized spacial score (nSPS) is 10.5. The van der Waals surface area contributed by atoms with Crippen LogP contribution in [0.4, 0.5) is 0 Å². The molecule has 3 nitrogen and oxygen atoms in total. The fourth-order valence-electron chi connectivity index (χ4n) is 1.24. The van der Waals surface area contributed by atoms with E-state index < -0.39 is 0 Å². The van der Waals surface area contributed by atoms with Gasteiger partial charge in [0, 0.05) is 11.4 Å². The second kappa shape index (κ2) is 5.75. The third kappa shape index (κ3) is 3.54. The molecule has 0 aliphatic carbocycles. The molecule has 1 rings (SSSR count). The number of thiocarbonyl (C=S) groups is 1. The average Bonchev–Trinajstić information content (AvgIpc) is 2.59. The summed E-state index contributed by atoms with van der Waals surface area (Å²) in [5.41, 5.74) is 6.15. The van der Waals surface area contributed by atoms with E-state index in [1.54, 1.807) is 4.90 Å². The van der Waals surface area contributed by atoms with Crippen molar-refractivity contribution in [2.24, 2.45) is 5.73 Å². The van der Waals surface area contributed by atoms with Crippen LogP contribution in [0.5, 0.6) is 0 Å². The fourth-order valence-corrected chi connectivity index (χ4v) is 2.51. The van der Waals surface area contributed by atoms with Gasteiger partial charge in [0.2, 0.25) is 0 Å². The predicted octanol–water partition coefficient (Wildman–Crippen LogP) is 2.65. The lowest BCUT2D eigenvalue weighted by Gasteiger charge is -2.25. The van der Waals surface area contributed by atoms with Crippen LogP contribution in [0.2, 0.25) is 0 Å². The van der Waals surface area contributed by atoms with E-state index in [4.69, 9.17) is 18.0 Å². The van der Waals surface area contributed by atoms with Crippen LogP contribution in [-0.2, 0) is 0 Å². The minimum absolute atomic E-state index is 0.0373. The standard InChI is InChI=1S/C10H13BrN2OS2/c1-6(2)13(4-9(12)15)10(14)7-3-8(11)16-5-7/h3,5-6H,4H2,1-2H3,(H2,12,15). The van der Waals surface area contributed by atoms with Crippen LogP contribution < -0.4 is 5.73 Å². The van der Waals surface area contributed by atoms with Crippen LogP contribution in [0, 0.1) is 0 Å². The summed E-state index contributed by atoms with van der Waals surface area (Å²) < 4.78 is 0.940. The summed E-state index contributed by atoms with van der Waals surface area (Å²) in [6.07, 6.45) is 0. The molecule has 1 aromatic rings. The summed E-state index contributed by atoms with van der Waals surface area (Å²) in [4.78, 5) is 14.1. The van der Waals surface area contributed by atoms with Gasteiger partial charge in [0.05, 0.1) is 20.9 Å². The zero-order valence-corrected chi connectivity index (χ0v) is 12.3. The Hall–Kier alpha value is -0.460. The second-order valence-corrected chi connectivity index (χ2v) is 6.45. The first-order chi connectivity index (χ1) is 7.41. The van der Waals surface area contributed by atoms with E-state index in [1.165, 1.54) is 11.3 Å². The minimum atomic E-state index is -0.0373. The van der Waals surface area contributed by atoms with Gasteiger partial charge in [-0.15, -0.1) is 11.3 Å². The summed E-state index contributed by atoms with van der Waals surface area (Å²) in [6, 6.07) is 1.88. The number of hydrogen-bond acceptors (Lipinski definition) is 3. The van der Waals surface area contributed by atoms with Crippen molar-refractivity contribution in [3.05, 3.63) is 20.8 Å². The molecule has 1 heterocycles. The van der Waals surface area contributed by atoms with E-state index >= 15 is 0 Å². The highest BCUT2D eigenvalue weighted by Gasteiger charge is 2.20. The van der Waals surface area contributed by atoms with Gasteiger partial charge in [0.1, 0.15) is 0 Å². The van der Waals surface area contributed by atoms with Gasteiger partial charge in [-0.2, -0.15) is 0 Å². The van der Waals surface area contributed by atoms with E-state index in [9.17, 15) is 4.79 Å². The van der Waals surface area contributed by atoms with Crippen LogP contribution in [-0.4, -0.2) is 28.4 Å². The molecule has 0 atom stereocenters. The van der Waals surface area contributed by atoms with Crippen molar-refractivity contribution in [2.75, 3.05) is 6.54 Å². The number of amides is 1. The van der Waals surface area contributed by atoms with Crippen LogP contribution >= 0.6 is 39.5 Å². The third-order valence-corrected chi connectivity index (χ3v) is 3.66. The zero-order chi connectivity index (χ0) is 12.3. The Morgan fingerprint density at radius 3 is 2.69 bits per heavy atom. The molecule has 1 amide bonds. The zero-order valence-electron chi connectivity index (χ0n) is 9.07. The SMILES string of the molecule is CC(C)N(CC(N)=S)C(=O)c1csc(Br)c1. The maximum atomic E-state index is 12.1. The van der Waals surface area contributed by atoms with Crippen molar-refractivity contribution in [1.29, 1.82) is 0 Å². The molecule has 6 heteroatoms. The van der Waals surface area contributed by atoms with Crippen molar-refractivity contribution in [1.82, 2.24) is 4.90 Å². The molecule has 0 radical (unpaired) electrons.